The van der Waals surface area contributed by atoms with Gasteiger partial charge in [0.15, 0.2) is 12.0 Å². The van der Waals surface area contributed by atoms with Gasteiger partial charge in [0.25, 0.3) is 0 Å². The van der Waals surface area contributed by atoms with E-state index in [4.69, 9.17) is 20.5 Å². The molecule has 1 saturated carbocycles. The topological polar surface area (TPSA) is 147 Å². The Kier molecular flexibility index (Phi) is 8.22. The molecule has 2 aromatic carbocycles. The third kappa shape index (κ3) is 6.24. The molecule has 0 amide bonds. The van der Waals surface area contributed by atoms with Crippen molar-refractivity contribution in [3.05, 3.63) is 59.2 Å². The molecule has 11 nitrogen and oxygen atoms in total. The van der Waals surface area contributed by atoms with Crippen LogP contribution >= 0.6 is 0 Å². The predicted octanol–water partition coefficient (Wildman–Crippen LogP) is 2.48. The first-order valence-corrected chi connectivity index (χ1v) is 14.2. The summed E-state index contributed by atoms with van der Waals surface area (Å²) >= 11 is 0. The van der Waals surface area contributed by atoms with Crippen LogP contribution in [0.15, 0.2) is 42.5 Å². The number of nitrogens with two attached hydrogens (primary N) is 1. The first-order valence-electron chi connectivity index (χ1n) is 14.2. The van der Waals surface area contributed by atoms with E-state index in [2.05, 4.69) is 36.8 Å². The molecule has 1 aliphatic heterocycles. The molecule has 0 atom stereocenters. The molecule has 0 bridgehead atoms. The Balaban J connectivity index is 1.06. The molecule has 2 fully saturated rings. The zero-order valence-corrected chi connectivity index (χ0v) is 23.0. The number of aliphatic hydroxyl groups excluding tert-OH is 1. The molecule has 3 aliphatic rings. The quantitative estimate of drug-likeness (QED) is 0.164. The Morgan fingerprint density at radius 3 is 2.44 bits per heavy atom. The maximum atomic E-state index is 9.21. The van der Waals surface area contributed by atoms with Gasteiger partial charge in [0, 0.05) is 49.8 Å². The van der Waals surface area contributed by atoms with Crippen LogP contribution in [0.2, 0.25) is 0 Å². The second-order valence-corrected chi connectivity index (χ2v) is 11.0. The fraction of sp³-hybridized carbons (Fsp3) is 0.467. The van der Waals surface area contributed by atoms with Crippen LogP contribution in [0, 0.1) is 5.92 Å². The molecule has 218 valence electrons. The van der Waals surface area contributed by atoms with Crippen LogP contribution in [0.5, 0.6) is 11.5 Å². The van der Waals surface area contributed by atoms with E-state index in [9.17, 15) is 10.2 Å². The number of nitrogens with zero attached hydrogens (tertiary/aromatic N) is 4. The van der Waals surface area contributed by atoms with Gasteiger partial charge in [-0.25, -0.2) is 10.2 Å². The van der Waals surface area contributed by atoms with Gasteiger partial charge < -0.3 is 35.2 Å². The normalized spacial score (nSPS) is 20.3. The van der Waals surface area contributed by atoms with Crippen molar-refractivity contribution >= 4 is 11.8 Å². The number of ether oxygens (including phenoxy) is 2. The lowest BCUT2D eigenvalue weighted by molar-refractivity contribution is -0.150. The molecule has 6 rings (SSSR count). The van der Waals surface area contributed by atoms with Gasteiger partial charge >= 0.3 is 0 Å². The Morgan fingerprint density at radius 2 is 1.71 bits per heavy atom. The van der Waals surface area contributed by atoms with Crippen LogP contribution in [-0.2, 0) is 24.2 Å². The number of benzene rings is 2. The highest BCUT2D eigenvalue weighted by molar-refractivity contribution is 5.76. The summed E-state index contributed by atoms with van der Waals surface area (Å²) in [6.45, 7) is 5.47. The highest BCUT2D eigenvalue weighted by Crippen LogP contribution is 2.39. The maximum Gasteiger partial charge on any atom is 0.222 e. The molecule has 2 aliphatic carbocycles. The second-order valence-electron chi connectivity index (χ2n) is 11.0. The van der Waals surface area contributed by atoms with E-state index in [1.165, 1.54) is 5.56 Å². The van der Waals surface area contributed by atoms with Gasteiger partial charge in [-0.3, -0.25) is 4.90 Å². The number of hydrogen-bond acceptors (Lipinski definition) is 11. The lowest BCUT2D eigenvalue weighted by Crippen LogP contribution is -2.48. The Hall–Kier alpha value is -3.48. The van der Waals surface area contributed by atoms with E-state index in [-0.39, 0.29) is 18.0 Å². The summed E-state index contributed by atoms with van der Waals surface area (Å²) in [5.74, 6) is 2.35. The van der Waals surface area contributed by atoms with E-state index in [0.717, 1.165) is 92.4 Å². The highest BCUT2D eigenvalue weighted by atomic mass is 17.1. The minimum atomic E-state index is -1.23. The third-order valence-electron chi connectivity index (χ3n) is 8.40. The number of hydrogen-bond donors (Lipinski definition) is 4. The molecular weight excluding hydrogens is 526 g/mol. The SMILES string of the molecule is Nc1nc2c(c(N3CCN(CCO[C@H]4C[C@@H](C(O)O)C4)CC3)n1)CCc1cc(OCc3ccc(OO)cc3)ccc1-2. The molecule has 0 spiro atoms. The van der Waals surface area contributed by atoms with Crippen molar-refractivity contribution in [2.75, 3.05) is 50.0 Å². The molecular formula is C30H37N5O6. The van der Waals surface area contributed by atoms with Crippen LogP contribution in [0.25, 0.3) is 11.3 Å². The fourth-order valence-electron chi connectivity index (χ4n) is 5.89. The number of rotatable bonds is 10. The van der Waals surface area contributed by atoms with Crippen molar-refractivity contribution < 1.29 is 29.8 Å². The van der Waals surface area contributed by atoms with E-state index >= 15 is 0 Å². The Bertz CT molecular complexity index is 1340. The molecule has 1 saturated heterocycles. The first-order chi connectivity index (χ1) is 20.0. The van der Waals surface area contributed by atoms with Gasteiger partial charge in [-0.1, -0.05) is 12.1 Å². The number of fused-ring (bicyclic) bond motifs is 3. The summed E-state index contributed by atoms with van der Waals surface area (Å²) < 4.78 is 11.9. The fourth-order valence-corrected chi connectivity index (χ4v) is 5.89. The third-order valence-corrected chi connectivity index (χ3v) is 8.40. The monoisotopic (exact) mass is 563 g/mol. The molecule has 0 radical (unpaired) electrons. The molecule has 0 unspecified atom stereocenters. The average molecular weight is 564 g/mol. The minimum absolute atomic E-state index is 0.0460. The number of nitrogen functional groups attached to an aromatic ring is 1. The van der Waals surface area contributed by atoms with Crippen molar-refractivity contribution in [1.29, 1.82) is 0 Å². The largest absolute Gasteiger partial charge is 0.489 e. The molecule has 41 heavy (non-hydrogen) atoms. The van der Waals surface area contributed by atoms with E-state index < -0.39 is 6.29 Å². The van der Waals surface area contributed by atoms with Gasteiger partial charge in [0.05, 0.1) is 18.4 Å². The average Bonchev–Trinajstić information content (AvgIpc) is 2.97. The van der Waals surface area contributed by atoms with E-state index in [0.29, 0.717) is 19.0 Å². The minimum Gasteiger partial charge on any atom is -0.489 e. The Morgan fingerprint density at radius 1 is 0.951 bits per heavy atom. The Labute approximate surface area is 239 Å². The summed E-state index contributed by atoms with van der Waals surface area (Å²) in [7, 11) is 0. The number of aryl methyl sites for hydroxylation is 1. The van der Waals surface area contributed by atoms with Crippen LogP contribution in [0.1, 0.15) is 29.5 Å². The molecule has 1 aromatic heterocycles. The highest BCUT2D eigenvalue weighted by Gasteiger charge is 2.34. The van der Waals surface area contributed by atoms with Crippen molar-refractivity contribution in [1.82, 2.24) is 14.9 Å². The lowest BCUT2D eigenvalue weighted by Gasteiger charge is -2.38. The first kappa shape index (κ1) is 27.7. The van der Waals surface area contributed by atoms with Gasteiger partial charge in [0.1, 0.15) is 18.2 Å². The molecule has 3 aromatic rings. The van der Waals surface area contributed by atoms with Gasteiger partial charge in [-0.2, -0.15) is 4.98 Å². The van der Waals surface area contributed by atoms with Crippen molar-refractivity contribution in [2.24, 2.45) is 5.92 Å². The molecule has 2 heterocycles. The summed E-state index contributed by atoms with van der Waals surface area (Å²) in [5, 5.41) is 27.2. The van der Waals surface area contributed by atoms with Gasteiger partial charge in [-0.15, -0.1) is 0 Å². The lowest BCUT2D eigenvalue weighted by atomic mass is 9.82. The standard InChI is InChI=1S/C30H37N5O6/c31-30-32-27-25-8-6-23(40-18-19-1-4-22(41-38)5-2-19)15-20(25)3-7-26(27)28(33-30)35-11-9-34(10-12-35)13-14-39-24-16-21(17-24)29(36)37/h1-2,4-6,8,15,21,24,29,36-38H,3,7,9-14,16-18H2,(H2,31,32,33)/t21-,24+. The summed E-state index contributed by atoms with van der Waals surface area (Å²) in [6.07, 6.45) is 2.07. The summed E-state index contributed by atoms with van der Waals surface area (Å²) in [5.41, 5.74) is 11.5. The van der Waals surface area contributed by atoms with Gasteiger partial charge in [0.2, 0.25) is 5.95 Å². The van der Waals surface area contributed by atoms with Crippen LogP contribution in [0.4, 0.5) is 11.8 Å². The molecule has 11 heteroatoms. The van der Waals surface area contributed by atoms with Crippen molar-refractivity contribution in [3.63, 3.8) is 0 Å². The van der Waals surface area contributed by atoms with E-state index in [1.807, 2.05) is 18.2 Å². The zero-order chi connectivity index (χ0) is 28.3. The molecule has 5 N–H and O–H groups in total. The van der Waals surface area contributed by atoms with Crippen LogP contribution in [-0.4, -0.2) is 82.1 Å². The summed E-state index contributed by atoms with van der Waals surface area (Å²) in [4.78, 5) is 18.3. The number of anilines is 2. The van der Waals surface area contributed by atoms with Crippen molar-refractivity contribution in [3.8, 4) is 22.8 Å². The van der Waals surface area contributed by atoms with Crippen LogP contribution in [0.3, 0.4) is 0 Å². The van der Waals surface area contributed by atoms with E-state index in [1.54, 1.807) is 12.1 Å². The maximum absolute atomic E-state index is 9.21. The summed E-state index contributed by atoms with van der Waals surface area (Å²) in [6, 6.07) is 13.2. The predicted molar refractivity (Wildman–Crippen MR) is 153 cm³/mol. The smallest absolute Gasteiger partial charge is 0.222 e. The number of aromatic nitrogens is 2. The van der Waals surface area contributed by atoms with Crippen LogP contribution < -0.4 is 20.3 Å². The van der Waals surface area contributed by atoms with Crippen molar-refractivity contribution in [2.45, 2.75) is 44.7 Å². The zero-order valence-electron chi connectivity index (χ0n) is 23.0. The second kappa shape index (κ2) is 12.2. The van der Waals surface area contributed by atoms with Gasteiger partial charge in [-0.05, 0) is 67.1 Å². The number of piperazine rings is 1. The number of aliphatic hydroxyl groups is 2.